The number of nitro benzene ring substituents is 1. The van der Waals surface area contributed by atoms with Gasteiger partial charge in [0, 0.05) is 41.4 Å². The van der Waals surface area contributed by atoms with E-state index in [-0.39, 0.29) is 5.69 Å². The van der Waals surface area contributed by atoms with E-state index >= 15 is 0 Å². The number of aryl methyl sites for hydroxylation is 2. The number of rotatable bonds is 5. The van der Waals surface area contributed by atoms with E-state index in [0.717, 1.165) is 18.1 Å². The van der Waals surface area contributed by atoms with E-state index in [9.17, 15) is 10.1 Å². The van der Waals surface area contributed by atoms with E-state index < -0.39 is 4.92 Å². The van der Waals surface area contributed by atoms with Crippen molar-refractivity contribution in [3.05, 3.63) is 68.0 Å². The molecule has 0 N–H and O–H groups in total. The largest absolute Gasteiger partial charge is 0.354 e. The molecule has 2 aromatic heterocycles. The fourth-order valence-electron chi connectivity index (χ4n) is 2.50. The molecule has 0 saturated heterocycles. The van der Waals surface area contributed by atoms with E-state index in [1.54, 1.807) is 23.5 Å². The minimum absolute atomic E-state index is 0.0340. The van der Waals surface area contributed by atoms with Gasteiger partial charge in [-0.1, -0.05) is 12.1 Å². The van der Waals surface area contributed by atoms with Crippen LogP contribution in [0.1, 0.15) is 16.1 Å². The number of nitrogens with zero attached hydrogens (tertiary/aromatic N) is 4. The molecule has 0 fully saturated rings. The molecule has 0 aliphatic rings. The molecule has 3 rings (SSSR count). The average Bonchev–Trinajstić information content (AvgIpc) is 2.99. The van der Waals surface area contributed by atoms with Gasteiger partial charge in [-0.3, -0.25) is 10.1 Å². The number of hydrogen-bond acceptors (Lipinski definition) is 6. The Morgan fingerprint density at radius 3 is 2.68 bits per heavy atom. The number of nitro groups is 1. The molecule has 7 heteroatoms. The molecule has 6 nitrogen and oxygen atoms in total. The van der Waals surface area contributed by atoms with Crippen LogP contribution in [-0.4, -0.2) is 21.9 Å². The summed E-state index contributed by atoms with van der Waals surface area (Å²) in [6.45, 7) is 4.75. The van der Waals surface area contributed by atoms with Crippen molar-refractivity contribution in [2.75, 3.05) is 11.9 Å². The summed E-state index contributed by atoms with van der Waals surface area (Å²) >= 11 is 1.72. The van der Waals surface area contributed by atoms with E-state index in [1.807, 2.05) is 20.0 Å². The molecule has 0 amide bonds. The third kappa shape index (κ3) is 3.83. The molecule has 25 heavy (non-hydrogen) atoms. The zero-order chi connectivity index (χ0) is 18.0. The average molecular weight is 354 g/mol. The second kappa shape index (κ2) is 6.98. The molecule has 0 atom stereocenters. The van der Waals surface area contributed by atoms with Gasteiger partial charge in [-0.05, 0) is 30.9 Å². The van der Waals surface area contributed by atoms with Crippen LogP contribution in [0, 0.1) is 24.0 Å². The second-order valence-electron chi connectivity index (χ2n) is 5.88. The molecule has 0 radical (unpaired) electrons. The summed E-state index contributed by atoms with van der Waals surface area (Å²) in [6, 6.07) is 10.4. The van der Waals surface area contributed by atoms with Crippen molar-refractivity contribution in [3.63, 3.8) is 0 Å². The van der Waals surface area contributed by atoms with E-state index in [1.165, 1.54) is 22.6 Å². The van der Waals surface area contributed by atoms with Gasteiger partial charge in [0.25, 0.3) is 5.69 Å². The molecule has 0 unspecified atom stereocenters. The Morgan fingerprint density at radius 1 is 1.20 bits per heavy atom. The topological polar surface area (TPSA) is 72.2 Å². The molecule has 0 spiro atoms. The number of non-ortho nitro benzene ring substituents is 1. The Labute approximate surface area is 149 Å². The summed E-state index contributed by atoms with van der Waals surface area (Å²) in [7, 11) is 1.98. The fraction of sp³-hybridized carbons (Fsp3) is 0.222. The first-order valence-corrected chi connectivity index (χ1v) is 8.66. The molecule has 1 aromatic carbocycles. The number of aromatic nitrogens is 2. The highest BCUT2D eigenvalue weighted by molar-refractivity contribution is 7.10. The van der Waals surface area contributed by atoms with Crippen LogP contribution in [-0.2, 0) is 6.54 Å². The van der Waals surface area contributed by atoms with Crippen LogP contribution in [0.3, 0.4) is 0 Å². The maximum atomic E-state index is 11.0. The van der Waals surface area contributed by atoms with Gasteiger partial charge in [-0.15, -0.1) is 11.3 Å². The lowest BCUT2D eigenvalue weighted by atomic mass is 10.2. The second-order valence-corrected chi connectivity index (χ2v) is 6.88. The molecular formula is C18H18N4O2S. The summed E-state index contributed by atoms with van der Waals surface area (Å²) in [4.78, 5) is 23.0. The van der Waals surface area contributed by atoms with E-state index in [0.29, 0.717) is 11.4 Å². The smallest absolute Gasteiger partial charge is 0.270 e. The maximum Gasteiger partial charge on any atom is 0.270 e. The fourth-order valence-corrected chi connectivity index (χ4v) is 3.46. The first-order chi connectivity index (χ1) is 11.9. The highest BCUT2D eigenvalue weighted by Crippen LogP contribution is 2.25. The Kier molecular flexibility index (Phi) is 4.76. The highest BCUT2D eigenvalue weighted by atomic mass is 32.1. The van der Waals surface area contributed by atoms with Crippen molar-refractivity contribution in [2.24, 2.45) is 0 Å². The maximum absolute atomic E-state index is 11.0. The van der Waals surface area contributed by atoms with E-state index in [4.69, 9.17) is 0 Å². The van der Waals surface area contributed by atoms with Gasteiger partial charge in [0.2, 0.25) is 0 Å². The summed E-state index contributed by atoms with van der Waals surface area (Å²) in [5.41, 5.74) is 2.76. The highest BCUT2D eigenvalue weighted by Gasteiger charge is 2.13. The molecular weight excluding hydrogens is 336 g/mol. The van der Waals surface area contributed by atoms with E-state index in [2.05, 4.69) is 33.2 Å². The van der Waals surface area contributed by atoms with Crippen LogP contribution in [0.5, 0.6) is 0 Å². The summed E-state index contributed by atoms with van der Waals surface area (Å²) < 4.78 is 0. The molecule has 3 aromatic rings. The van der Waals surface area contributed by atoms with Crippen molar-refractivity contribution >= 4 is 22.8 Å². The third-order valence-electron chi connectivity index (χ3n) is 3.90. The van der Waals surface area contributed by atoms with Crippen LogP contribution in [0.25, 0.3) is 11.4 Å². The SMILES string of the molecule is Cc1cc(N(C)Cc2sccc2C)nc(-c2cccc([N+](=O)[O-])c2)n1. The molecule has 0 bridgehead atoms. The van der Waals surface area contributed by atoms with Gasteiger partial charge in [-0.2, -0.15) is 0 Å². The van der Waals surface area contributed by atoms with Crippen molar-refractivity contribution in [3.8, 4) is 11.4 Å². The zero-order valence-electron chi connectivity index (χ0n) is 14.3. The minimum Gasteiger partial charge on any atom is -0.354 e. The van der Waals surface area contributed by atoms with Gasteiger partial charge >= 0.3 is 0 Å². The molecule has 0 aliphatic carbocycles. The first-order valence-electron chi connectivity index (χ1n) is 7.78. The predicted molar refractivity (Wildman–Crippen MR) is 100 cm³/mol. The summed E-state index contributed by atoms with van der Waals surface area (Å²) in [6.07, 6.45) is 0. The monoisotopic (exact) mass is 354 g/mol. The van der Waals surface area contributed by atoms with Gasteiger partial charge in [-0.25, -0.2) is 9.97 Å². The Balaban J connectivity index is 1.94. The van der Waals surface area contributed by atoms with Crippen LogP contribution >= 0.6 is 11.3 Å². The quantitative estimate of drug-likeness (QED) is 0.502. The van der Waals surface area contributed by atoms with Crippen LogP contribution < -0.4 is 4.90 Å². The minimum atomic E-state index is -0.411. The molecule has 2 heterocycles. The van der Waals surface area contributed by atoms with Crippen molar-refractivity contribution < 1.29 is 4.92 Å². The number of thiophene rings is 1. The molecule has 0 saturated carbocycles. The number of anilines is 1. The van der Waals surface area contributed by atoms with Crippen LogP contribution in [0.2, 0.25) is 0 Å². The van der Waals surface area contributed by atoms with Crippen LogP contribution in [0.4, 0.5) is 11.5 Å². The zero-order valence-corrected chi connectivity index (χ0v) is 15.1. The summed E-state index contributed by atoms with van der Waals surface area (Å²) in [5.74, 6) is 1.29. The molecule has 0 aliphatic heterocycles. The van der Waals surface area contributed by atoms with Crippen molar-refractivity contribution in [1.29, 1.82) is 0 Å². The lowest BCUT2D eigenvalue weighted by Gasteiger charge is -2.19. The normalized spacial score (nSPS) is 10.7. The van der Waals surface area contributed by atoms with Crippen molar-refractivity contribution in [1.82, 2.24) is 9.97 Å². The van der Waals surface area contributed by atoms with Gasteiger partial charge in [0.1, 0.15) is 5.82 Å². The summed E-state index contributed by atoms with van der Waals surface area (Å²) in [5, 5.41) is 13.1. The number of benzene rings is 1. The first kappa shape index (κ1) is 17.0. The van der Waals surface area contributed by atoms with Gasteiger partial charge < -0.3 is 4.90 Å². The van der Waals surface area contributed by atoms with Gasteiger partial charge in [0.15, 0.2) is 5.82 Å². The standard InChI is InChI=1S/C18H18N4O2S/c1-12-7-8-25-16(12)11-21(3)17-9-13(2)19-18(20-17)14-5-4-6-15(10-14)22(23)24/h4-10H,11H2,1-3H3. The molecule has 128 valence electrons. The Morgan fingerprint density at radius 2 is 2.00 bits per heavy atom. The Bertz CT molecular complexity index is 923. The third-order valence-corrected chi connectivity index (χ3v) is 4.90. The van der Waals surface area contributed by atoms with Crippen molar-refractivity contribution in [2.45, 2.75) is 20.4 Å². The lowest BCUT2D eigenvalue weighted by molar-refractivity contribution is -0.384. The number of hydrogen-bond donors (Lipinski definition) is 0. The van der Waals surface area contributed by atoms with Crippen LogP contribution in [0.15, 0.2) is 41.8 Å². The van der Waals surface area contributed by atoms with Gasteiger partial charge in [0.05, 0.1) is 11.5 Å². The Hall–Kier alpha value is -2.80. The predicted octanol–water partition coefficient (Wildman–Crippen LogP) is 4.37. The lowest BCUT2D eigenvalue weighted by Crippen LogP contribution is -2.18.